The second-order valence-electron chi connectivity index (χ2n) is 3.71. The van der Waals surface area contributed by atoms with Crippen LogP contribution in [0.15, 0.2) is 0 Å². The zero-order valence-corrected chi connectivity index (χ0v) is 10.0. The number of amides is 2. The van der Waals surface area contributed by atoms with Gasteiger partial charge >= 0.3 is 12.0 Å². The van der Waals surface area contributed by atoms with Crippen molar-refractivity contribution >= 4 is 12.0 Å². The number of likely N-dealkylation sites (N-methyl/N-ethyl adjacent to an activating group) is 1. The van der Waals surface area contributed by atoms with Crippen LogP contribution in [0.1, 0.15) is 13.8 Å². The van der Waals surface area contributed by atoms with E-state index in [-0.39, 0.29) is 25.7 Å². The average molecular weight is 232 g/mol. The molecule has 2 N–H and O–H groups in total. The zero-order chi connectivity index (χ0) is 12.7. The molecule has 6 heteroatoms. The Kier molecular flexibility index (Phi) is 6.48. The number of aliphatic hydroxyl groups is 1. The molecule has 1 atom stereocenters. The Morgan fingerprint density at radius 2 is 1.94 bits per heavy atom. The van der Waals surface area contributed by atoms with Gasteiger partial charge in [0.25, 0.3) is 0 Å². The van der Waals surface area contributed by atoms with Gasteiger partial charge in [-0.1, -0.05) is 6.92 Å². The Morgan fingerprint density at radius 1 is 1.38 bits per heavy atom. The number of urea groups is 1. The highest BCUT2D eigenvalue weighted by atomic mass is 16.4. The van der Waals surface area contributed by atoms with Gasteiger partial charge in [0, 0.05) is 26.7 Å². The summed E-state index contributed by atoms with van der Waals surface area (Å²) in [5, 5.41) is 17.5. The minimum absolute atomic E-state index is 0.0953. The van der Waals surface area contributed by atoms with Gasteiger partial charge in [-0.2, -0.15) is 0 Å². The molecule has 0 radical (unpaired) electrons. The van der Waals surface area contributed by atoms with E-state index < -0.39 is 11.9 Å². The van der Waals surface area contributed by atoms with Gasteiger partial charge in [0.15, 0.2) is 0 Å². The predicted octanol–water partition coefficient (Wildman–Crippen LogP) is 0.0731. The highest BCUT2D eigenvalue weighted by molar-refractivity contribution is 5.75. The first-order valence-corrected chi connectivity index (χ1v) is 5.27. The number of carboxylic acids is 1. The Hall–Kier alpha value is -1.30. The standard InChI is InChI=1S/C10H20N2O4/c1-4-12(5-6-13)10(16)11(3)7-8(2)9(14)15/h8,13H,4-7H2,1-3H3,(H,14,15). The Labute approximate surface area is 95.5 Å². The first-order chi connectivity index (χ1) is 7.43. The van der Waals surface area contributed by atoms with Crippen molar-refractivity contribution in [2.75, 3.05) is 33.3 Å². The molecule has 0 saturated heterocycles. The van der Waals surface area contributed by atoms with E-state index in [2.05, 4.69) is 0 Å². The van der Waals surface area contributed by atoms with Gasteiger partial charge in [-0.15, -0.1) is 0 Å². The maximum absolute atomic E-state index is 11.8. The van der Waals surface area contributed by atoms with Gasteiger partial charge < -0.3 is 20.0 Å². The fourth-order valence-corrected chi connectivity index (χ4v) is 1.32. The number of carbonyl (C=O) groups excluding carboxylic acids is 1. The molecule has 0 aliphatic rings. The quantitative estimate of drug-likeness (QED) is 0.679. The second-order valence-corrected chi connectivity index (χ2v) is 3.71. The molecule has 1 unspecified atom stereocenters. The van der Waals surface area contributed by atoms with E-state index in [0.29, 0.717) is 6.54 Å². The normalized spacial score (nSPS) is 12.0. The maximum atomic E-state index is 11.8. The molecule has 0 heterocycles. The SMILES string of the molecule is CCN(CCO)C(=O)N(C)CC(C)C(=O)O. The fraction of sp³-hybridized carbons (Fsp3) is 0.800. The van der Waals surface area contributed by atoms with Crippen LogP contribution >= 0.6 is 0 Å². The van der Waals surface area contributed by atoms with E-state index in [1.165, 1.54) is 9.80 Å². The first kappa shape index (κ1) is 14.7. The third kappa shape index (κ3) is 4.48. The summed E-state index contributed by atoms with van der Waals surface area (Å²) in [6.07, 6.45) is 0. The van der Waals surface area contributed by atoms with Crippen LogP contribution < -0.4 is 0 Å². The minimum atomic E-state index is -0.926. The summed E-state index contributed by atoms with van der Waals surface area (Å²) < 4.78 is 0. The Morgan fingerprint density at radius 3 is 2.31 bits per heavy atom. The zero-order valence-electron chi connectivity index (χ0n) is 10.0. The third-order valence-corrected chi connectivity index (χ3v) is 2.32. The fourth-order valence-electron chi connectivity index (χ4n) is 1.32. The van der Waals surface area contributed by atoms with Crippen LogP contribution in [0, 0.1) is 5.92 Å². The van der Waals surface area contributed by atoms with Crippen LogP contribution in [0.4, 0.5) is 4.79 Å². The summed E-state index contributed by atoms with van der Waals surface area (Å²) in [6.45, 7) is 4.18. The van der Waals surface area contributed by atoms with Crippen molar-refractivity contribution < 1.29 is 19.8 Å². The van der Waals surface area contributed by atoms with Gasteiger partial charge in [-0.3, -0.25) is 4.79 Å². The molecule has 16 heavy (non-hydrogen) atoms. The van der Waals surface area contributed by atoms with Gasteiger partial charge in [-0.05, 0) is 6.92 Å². The number of nitrogens with zero attached hydrogens (tertiary/aromatic N) is 2. The summed E-state index contributed by atoms with van der Waals surface area (Å²) >= 11 is 0. The van der Waals surface area contributed by atoms with E-state index in [9.17, 15) is 9.59 Å². The lowest BCUT2D eigenvalue weighted by Crippen LogP contribution is -2.44. The molecule has 0 aromatic rings. The number of aliphatic hydroxyl groups excluding tert-OH is 1. The van der Waals surface area contributed by atoms with E-state index in [1.807, 2.05) is 6.92 Å². The molecule has 0 fully saturated rings. The molecular weight excluding hydrogens is 212 g/mol. The summed E-state index contributed by atoms with van der Waals surface area (Å²) in [6, 6.07) is -0.260. The van der Waals surface area contributed by atoms with Crippen LogP contribution in [-0.2, 0) is 4.79 Å². The molecule has 0 aliphatic heterocycles. The van der Waals surface area contributed by atoms with Gasteiger partial charge in [0.1, 0.15) is 0 Å². The number of carboxylic acid groups (broad SMARTS) is 1. The number of hydrogen-bond acceptors (Lipinski definition) is 3. The lowest BCUT2D eigenvalue weighted by Gasteiger charge is -2.27. The van der Waals surface area contributed by atoms with Crippen LogP contribution in [0.5, 0.6) is 0 Å². The first-order valence-electron chi connectivity index (χ1n) is 5.27. The van der Waals surface area contributed by atoms with Gasteiger partial charge in [0.05, 0.1) is 12.5 Å². The van der Waals surface area contributed by atoms with E-state index in [0.717, 1.165) is 0 Å². The summed E-state index contributed by atoms with van der Waals surface area (Å²) in [7, 11) is 1.56. The van der Waals surface area contributed by atoms with Crippen molar-refractivity contribution in [3.05, 3.63) is 0 Å². The molecule has 0 rings (SSSR count). The van der Waals surface area contributed by atoms with E-state index >= 15 is 0 Å². The molecular formula is C10H20N2O4. The van der Waals surface area contributed by atoms with Crippen LogP contribution in [0.25, 0.3) is 0 Å². The van der Waals surface area contributed by atoms with Crippen LogP contribution in [0.2, 0.25) is 0 Å². The average Bonchev–Trinajstić information content (AvgIpc) is 2.24. The summed E-state index contributed by atoms with van der Waals surface area (Å²) in [4.78, 5) is 25.2. The van der Waals surface area contributed by atoms with Crippen LogP contribution in [-0.4, -0.2) is 65.3 Å². The van der Waals surface area contributed by atoms with Crippen LogP contribution in [0.3, 0.4) is 0 Å². The number of hydrogen-bond donors (Lipinski definition) is 2. The molecule has 6 nitrogen and oxygen atoms in total. The number of aliphatic carboxylic acids is 1. The third-order valence-electron chi connectivity index (χ3n) is 2.32. The topological polar surface area (TPSA) is 81.1 Å². The molecule has 2 amide bonds. The molecule has 0 saturated carbocycles. The number of rotatable bonds is 6. The van der Waals surface area contributed by atoms with Crippen molar-refractivity contribution in [1.29, 1.82) is 0 Å². The van der Waals surface area contributed by atoms with Crippen molar-refractivity contribution in [3.63, 3.8) is 0 Å². The molecule has 0 aromatic carbocycles. The van der Waals surface area contributed by atoms with Crippen molar-refractivity contribution in [2.24, 2.45) is 5.92 Å². The molecule has 0 spiro atoms. The lowest BCUT2D eigenvalue weighted by molar-refractivity contribution is -0.141. The Bertz CT molecular complexity index is 245. The second kappa shape index (κ2) is 7.05. The smallest absolute Gasteiger partial charge is 0.319 e. The van der Waals surface area contributed by atoms with Gasteiger partial charge in [-0.25, -0.2) is 4.79 Å². The Balaban J connectivity index is 4.30. The number of carbonyl (C=O) groups is 2. The highest BCUT2D eigenvalue weighted by Crippen LogP contribution is 2.02. The highest BCUT2D eigenvalue weighted by Gasteiger charge is 2.20. The molecule has 94 valence electrons. The molecule has 0 bridgehead atoms. The monoisotopic (exact) mass is 232 g/mol. The van der Waals surface area contributed by atoms with Crippen molar-refractivity contribution in [1.82, 2.24) is 9.80 Å². The molecule has 0 aromatic heterocycles. The largest absolute Gasteiger partial charge is 0.481 e. The maximum Gasteiger partial charge on any atom is 0.319 e. The van der Waals surface area contributed by atoms with E-state index in [4.69, 9.17) is 10.2 Å². The van der Waals surface area contributed by atoms with Crippen molar-refractivity contribution in [2.45, 2.75) is 13.8 Å². The minimum Gasteiger partial charge on any atom is -0.481 e. The lowest BCUT2D eigenvalue weighted by atomic mass is 10.2. The van der Waals surface area contributed by atoms with Gasteiger partial charge in [0.2, 0.25) is 0 Å². The van der Waals surface area contributed by atoms with E-state index in [1.54, 1.807) is 14.0 Å². The molecule has 0 aliphatic carbocycles. The predicted molar refractivity (Wildman–Crippen MR) is 59.2 cm³/mol. The summed E-state index contributed by atoms with van der Waals surface area (Å²) in [5.74, 6) is -1.52. The van der Waals surface area contributed by atoms with Crippen molar-refractivity contribution in [3.8, 4) is 0 Å². The summed E-state index contributed by atoms with van der Waals surface area (Å²) in [5.41, 5.74) is 0.